The molecule has 26 heavy (non-hydrogen) atoms. The summed E-state index contributed by atoms with van der Waals surface area (Å²) in [6, 6.07) is 8.68. The van der Waals surface area contributed by atoms with Crippen LogP contribution in [-0.2, 0) is 17.4 Å². The molecule has 7 heteroatoms. The van der Waals surface area contributed by atoms with Gasteiger partial charge >= 0.3 is 6.18 Å². The number of hydrogen-bond acceptors (Lipinski definition) is 2. The zero-order valence-corrected chi connectivity index (χ0v) is 14.4. The molecule has 1 atom stereocenters. The van der Waals surface area contributed by atoms with Crippen molar-refractivity contribution in [3.05, 3.63) is 70.3 Å². The van der Waals surface area contributed by atoms with Crippen molar-refractivity contribution >= 4 is 11.8 Å². The zero-order valence-electron chi connectivity index (χ0n) is 14.4. The van der Waals surface area contributed by atoms with Crippen LogP contribution in [0.5, 0.6) is 0 Å². The summed E-state index contributed by atoms with van der Waals surface area (Å²) in [5.74, 6) is -1.33. The zero-order chi connectivity index (χ0) is 19.5. The lowest BCUT2D eigenvalue weighted by molar-refractivity contribution is -0.137. The maximum Gasteiger partial charge on any atom is 0.416 e. The highest BCUT2D eigenvalue weighted by Gasteiger charge is 2.30. The maximum atomic E-state index is 12.8. The van der Waals surface area contributed by atoms with Gasteiger partial charge in [0.2, 0.25) is 5.91 Å². The van der Waals surface area contributed by atoms with Gasteiger partial charge in [-0.25, -0.2) is 0 Å². The van der Waals surface area contributed by atoms with E-state index in [1.54, 1.807) is 12.1 Å². The van der Waals surface area contributed by atoms with Gasteiger partial charge in [0.15, 0.2) is 0 Å². The topological polar surface area (TPSA) is 72.2 Å². The fraction of sp³-hybridized carbons (Fsp3) is 0.263. The maximum absolute atomic E-state index is 12.8. The number of primary amides is 1. The molecule has 0 saturated carbocycles. The first-order valence-electron chi connectivity index (χ1n) is 7.91. The van der Waals surface area contributed by atoms with Gasteiger partial charge in [-0.05, 0) is 37.6 Å². The number of hydrogen-bond donors (Lipinski definition) is 2. The minimum absolute atomic E-state index is 0.129. The number of benzene rings is 2. The van der Waals surface area contributed by atoms with E-state index in [-0.39, 0.29) is 12.0 Å². The summed E-state index contributed by atoms with van der Waals surface area (Å²) in [7, 11) is 0. The van der Waals surface area contributed by atoms with E-state index in [0.717, 1.165) is 23.3 Å². The van der Waals surface area contributed by atoms with Gasteiger partial charge in [-0.2, -0.15) is 13.2 Å². The van der Waals surface area contributed by atoms with Crippen LogP contribution in [0, 0.1) is 13.8 Å². The highest BCUT2D eigenvalue weighted by atomic mass is 19.4. The van der Waals surface area contributed by atoms with E-state index >= 15 is 0 Å². The SMILES string of the molecule is Cc1cc(C)cc(C(=O)N[C@H](Cc2cccc(C(F)(F)F)c2)C(N)=O)c1. The first kappa shape index (κ1) is 19.5. The summed E-state index contributed by atoms with van der Waals surface area (Å²) in [5.41, 5.74) is 6.87. The molecule has 0 bridgehead atoms. The molecule has 0 aromatic heterocycles. The van der Waals surface area contributed by atoms with E-state index in [1.165, 1.54) is 12.1 Å². The molecule has 2 aromatic rings. The largest absolute Gasteiger partial charge is 0.416 e. The van der Waals surface area contributed by atoms with Crippen LogP contribution in [0.1, 0.15) is 32.6 Å². The van der Waals surface area contributed by atoms with Crippen molar-refractivity contribution in [1.29, 1.82) is 0 Å². The highest BCUT2D eigenvalue weighted by Crippen LogP contribution is 2.29. The van der Waals surface area contributed by atoms with Gasteiger partial charge < -0.3 is 11.1 Å². The first-order chi connectivity index (χ1) is 12.1. The van der Waals surface area contributed by atoms with Crippen molar-refractivity contribution in [2.45, 2.75) is 32.5 Å². The third-order valence-electron chi connectivity index (χ3n) is 3.83. The minimum Gasteiger partial charge on any atom is -0.368 e. The highest BCUT2D eigenvalue weighted by molar-refractivity contribution is 5.97. The lowest BCUT2D eigenvalue weighted by Crippen LogP contribution is -2.45. The Morgan fingerprint density at radius 3 is 2.23 bits per heavy atom. The van der Waals surface area contributed by atoms with Gasteiger partial charge in [0.1, 0.15) is 6.04 Å². The van der Waals surface area contributed by atoms with Crippen molar-refractivity contribution in [3.8, 4) is 0 Å². The van der Waals surface area contributed by atoms with Crippen LogP contribution in [0.2, 0.25) is 0 Å². The van der Waals surface area contributed by atoms with Crippen LogP contribution in [0.4, 0.5) is 13.2 Å². The molecule has 0 spiro atoms. The van der Waals surface area contributed by atoms with Gasteiger partial charge in [-0.15, -0.1) is 0 Å². The predicted octanol–water partition coefficient (Wildman–Crippen LogP) is 3.15. The average molecular weight is 364 g/mol. The van der Waals surface area contributed by atoms with Crippen molar-refractivity contribution in [3.63, 3.8) is 0 Å². The number of alkyl halides is 3. The molecule has 0 aliphatic heterocycles. The minimum atomic E-state index is -4.49. The Bertz CT molecular complexity index is 812. The monoisotopic (exact) mass is 364 g/mol. The van der Waals surface area contributed by atoms with Crippen LogP contribution < -0.4 is 11.1 Å². The van der Waals surface area contributed by atoms with E-state index in [4.69, 9.17) is 5.73 Å². The van der Waals surface area contributed by atoms with Crippen molar-refractivity contribution in [1.82, 2.24) is 5.32 Å². The Hall–Kier alpha value is -2.83. The quantitative estimate of drug-likeness (QED) is 0.856. The number of nitrogens with one attached hydrogen (secondary N) is 1. The summed E-state index contributed by atoms with van der Waals surface area (Å²) in [5, 5.41) is 2.50. The molecule has 0 heterocycles. The number of rotatable bonds is 5. The Labute approximate surface area is 149 Å². The second kappa shape index (κ2) is 7.59. The molecule has 2 rings (SSSR count). The number of halogens is 3. The van der Waals surface area contributed by atoms with E-state index in [1.807, 2.05) is 19.9 Å². The molecular weight excluding hydrogens is 345 g/mol. The molecule has 0 aliphatic carbocycles. The molecule has 0 unspecified atom stereocenters. The molecule has 2 amide bonds. The number of aryl methyl sites for hydroxylation is 2. The van der Waals surface area contributed by atoms with Crippen LogP contribution in [0.25, 0.3) is 0 Å². The normalized spacial score (nSPS) is 12.5. The van der Waals surface area contributed by atoms with E-state index < -0.39 is 29.6 Å². The van der Waals surface area contributed by atoms with E-state index in [9.17, 15) is 22.8 Å². The summed E-state index contributed by atoms with van der Waals surface area (Å²) in [6.07, 6.45) is -4.61. The Morgan fingerprint density at radius 2 is 1.69 bits per heavy atom. The summed E-state index contributed by atoms with van der Waals surface area (Å²) in [4.78, 5) is 24.1. The number of carbonyl (C=O) groups excluding carboxylic acids is 2. The second-order valence-corrected chi connectivity index (χ2v) is 6.21. The molecular formula is C19H19F3N2O2. The van der Waals surface area contributed by atoms with Crippen LogP contribution in [0.3, 0.4) is 0 Å². The molecule has 3 N–H and O–H groups in total. The lowest BCUT2D eigenvalue weighted by Gasteiger charge is -2.17. The third-order valence-corrected chi connectivity index (χ3v) is 3.83. The van der Waals surface area contributed by atoms with Gasteiger partial charge in [0.25, 0.3) is 5.91 Å². The first-order valence-corrected chi connectivity index (χ1v) is 7.91. The summed E-state index contributed by atoms with van der Waals surface area (Å²) >= 11 is 0. The van der Waals surface area contributed by atoms with Crippen molar-refractivity contribution in [2.24, 2.45) is 5.73 Å². The second-order valence-electron chi connectivity index (χ2n) is 6.21. The fourth-order valence-electron chi connectivity index (χ4n) is 2.68. The molecule has 0 radical (unpaired) electrons. The Morgan fingerprint density at radius 1 is 1.08 bits per heavy atom. The standard InChI is InChI=1S/C19H19F3N2O2/c1-11-6-12(2)8-14(7-11)18(26)24-16(17(23)25)10-13-4-3-5-15(9-13)19(20,21)22/h3-9,16H,10H2,1-2H3,(H2,23,25)(H,24,26)/t16-/m1/s1. The smallest absolute Gasteiger partial charge is 0.368 e. The van der Waals surface area contributed by atoms with Gasteiger partial charge in [-0.1, -0.05) is 35.4 Å². The van der Waals surface area contributed by atoms with E-state index in [0.29, 0.717) is 5.56 Å². The van der Waals surface area contributed by atoms with Crippen LogP contribution >= 0.6 is 0 Å². The van der Waals surface area contributed by atoms with E-state index in [2.05, 4.69) is 5.32 Å². The summed E-state index contributed by atoms with van der Waals surface area (Å²) < 4.78 is 38.4. The molecule has 2 aromatic carbocycles. The molecule has 0 fully saturated rings. The molecule has 0 aliphatic rings. The van der Waals surface area contributed by atoms with Gasteiger partial charge in [-0.3, -0.25) is 9.59 Å². The fourth-order valence-corrected chi connectivity index (χ4v) is 2.68. The Balaban J connectivity index is 2.19. The average Bonchev–Trinajstić information content (AvgIpc) is 2.52. The van der Waals surface area contributed by atoms with Gasteiger partial charge in [0.05, 0.1) is 5.56 Å². The predicted molar refractivity (Wildman–Crippen MR) is 91.5 cm³/mol. The van der Waals surface area contributed by atoms with Crippen molar-refractivity contribution < 1.29 is 22.8 Å². The molecule has 0 saturated heterocycles. The van der Waals surface area contributed by atoms with Crippen LogP contribution in [0.15, 0.2) is 42.5 Å². The Kier molecular flexibility index (Phi) is 5.69. The number of nitrogens with two attached hydrogens (primary N) is 1. The lowest BCUT2D eigenvalue weighted by atomic mass is 10.0. The van der Waals surface area contributed by atoms with Crippen molar-refractivity contribution in [2.75, 3.05) is 0 Å². The van der Waals surface area contributed by atoms with Gasteiger partial charge in [0, 0.05) is 12.0 Å². The molecule has 138 valence electrons. The number of amides is 2. The molecule has 4 nitrogen and oxygen atoms in total. The van der Waals surface area contributed by atoms with Crippen LogP contribution in [-0.4, -0.2) is 17.9 Å². The third kappa shape index (κ3) is 5.08. The number of carbonyl (C=O) groups is 2. The summed E-state index contributed by atoms with van der Waals surface area (Å²) in [6.45, 7) is 3.66.